The lowest BCUT2D eigenvalue weighted by molar-refractivity contribution is -0.383. The van der Waals surface area contributed by atoms with E-state index in [0.29, 0.717) is 0 Å². The monoisotopic (exact) mass is 127 g/mol. The Morgan fingerprint density at radius 2 is 2.44 bits per heavy atom. The molecule has 1 aromatic heterocycles. The van der Waals surface area contributed by atoms with E-state index in [4.69, 9.17) is 5.73 Å². The van der Waals surface area contributed by atoms with Crippen molar-refractivity contribution in [3.63, 3.8) is 0 Å². The fraction of sp³-hybridized carbons (Fsp3) is 0. The highest BCUT2D eigenvalue weighted by Crippen LogP contribution is 2.16. The molecule has 1 aromatic rings. The van der Waals surface area contributed by atoms with E-state index < -0.39 is 4.92 Å². The average molecular weight is 127 g/mol. The van der Waals surface area contributed by atoms with Crippen molar-refractivity contribution in [2.24, 2.45) is 0 Å². The van der Waals surface area contributed by atoms with Crippen molar-refractivity contribution >= 4 is 11.5 Å². The maximum absolute atomic E-state index is 9.99. The average Bonchev–Trinajstić information content (AvgIpc) is 2.13. The largest absolute Gasteiger partial charge is 0.380 e. The van der Waals surface area contributed by atoms with Crippen molar-refractivity contribution in [3.05, 3.63) is 22.4 Å². The normalized spacial score (nSPS) is 9.33. The molecule has 5 nitrogen and oxygen atoms in total. The molecule has 9 heavy (non-hydrogen) atoms. The van der Waals surface area contributed by atoms with Crippen LogP contribution in [0.4, 0.5) is 11.5 Å². The predicted octanol–water partition coefficient (Wildman–Crippen LogP) is 0.505. The summed E-state index contributed by atoms with van der Waals surface area (Å²) in [6.07, 6.45) is 1.42. The first-order chi connectivity index (χ1) is 4.22. The molecule has 0 radical (unpaired) electrons. The maximum Gasteiger partial charge on any atom is 0.310 e. The van der Waals surface area contributed by atoms with Gasteiger partial charge in [-0.3, -0.25) is 10.1 Å². The zero-order valence-corrected chi connectivity index (χ0v) is 4.50. The van der Waals surface area contributed by atoms with Crippen LogP contribution in [-0.2, 0) is 0 Å². The number of nitro groups is 1. The van der Waals surface area contributed by atoms with Gasteiger partial charge in [0, 0.05) is 12.3 Å². The van der Waals surface area contributed by atoms with Crippen LogP contribution in [0.15, 0.2) is 12.3 Å². The van der Waals surface area contributed by atoms with Gasteiger partial charge >= 0.3 is 5.69 Å². The predicted molar refractivity (Wildman–Crippen MR) is 31.9 cm³/mol. The Morgan fingerprint density at radius 3 is 2.67 bits per heavy atom. The molecule has 0 fully saturated rings. The molecule has 0 aliphatic heterocycles. The highest BCUT2D eigenvalue weighted by Gasteiger charge is 2.09. The van der Waals surface area contributed by atoms with Gasteiger partial charge in [-0.05, 0) is 0 Å². The van der Waals surface area contributed by atoms with Gasteiger partial charge in [0.05, 0.1) is 4.92 Å². The number of nitrogens with one attached hydrogen (secondary N) is 1. The van der Waals surface area contributed by atoms with Crippen LogP contribution >= 0.6 is 0 Å². The third-order valence-electron chi connectivity index (χ3n) is 0.953. The first-order valence-electron chi connectivity index (χ1n) is 2.29. The molecule has 0 bridgehead atoms. The lowest BCUT2D eigenvalue weighted by Gasteiger charge is -1.84. The van der Waals surface area contributed by atoms with Gasteiger partial charge in [0.1, 0.15) is 0 Å². The standard InChI is InChI=1S/C4H5N3O2/c5-4-3(7(8)9)1-2-6-4/h1-2,6H,5H2. The van der Waals surface area contributed by atoms with Gasteiger partial charge in [0.25, 0.3) is 0 Å². The van der Waals surface area contributed by atoms with Crippen LogP contribution in [0.1, 0.15) is 0 Å². The van der Waals surface area contributed by atoms with E-state index in [1.165, 1.54) is 12.3 Å². The van der Waals surface area contributed by atoms with E-state index in [1.54, 1.807) is 0 Å². The second-order valence-corrected chi connectivity index (χ2v) is 1.53. The van der Waals surface area contributed by atoms with Crippen LogP contribution < -0.4 is 5.73 Å². The summed E-state index contributed by atoms with van der Waals surface area (Å²) in [5.74, 6) is 0.0972. The summed E-state index contributed by atoms with van der Waals surface area (Å²) in [7, 11) is 0. The summed E-state index contributed by atoms with van der Waals surface area (Å²) >= 11 is 0. The molecule has 48 valence electrons. The van der Waals surface area contributed by atoms with Gasteiger partial charge in [-0.25, -0.2) is 0 Å². The lowest BCUT2D eigenvalue weighted by atomic mass is 10.5. The molecular weight excluding hydrogens is 122 g/mol. The first-order valence-corrected chi connectivity index (χ1v) is 2.29. The van der Waals surface area contributed by atoms with Gasteiger partial charge in [0.2, 0.25) is 0 Å². The highest BCUT2D eigenvalue weighted by molar-refractivity contribution is 5.52. The van der Waals surface area contributed by atoms with Gasteiger partial charge < -0.3 is 10.7 Å². The topological polar surface area (TPSA) is 85.0 Å². The van der Waals surface area contributed by atoms with E-state index >= 15 is 0 Å². The van der Waals surface area contributed by atoms with Crippen molar-refractivity contribution in [3.8, 4) is 0 Å². The van der Waals surface area contributed by atoms with E-state index in [2.05, 4.69) is 4.98 Å². The minimum Gasteiger partial charge on any atom is -0.380 e. The number of hydrogen-bond acceptors (Lipinski definition) is 3. The number of anilines is 1. The van der Waals surface area contributed by atoms with Crippen molar-refractivity contribution in [2.75, 3.05) is 5.73 Å². The van der Waals surface area contributed by atoms with E-state index in [-0.39, 0.29) is 11.5 Å². The minimum absolute atomic E-state index is 0.0741. The molecule has 0 spiro atoms. The number of nitrogens with zero attached hydrogens (tertiary/aromatic N) is 1. The molecular formula is C4H5N3O2. The van der Waals surface area contributed by atoms with Crippen LogP contribution in [-0.4, -0.2) is 9.91 Å². The zero-order valence-electron chi connectivity index (χ0n) is 4.50. The molecule has 0 saturated carbocycles. The van der Waals surface area contributed by atoms with Crippen LogP contribution in [0.5, 0.6) is 0 Å². The Morgan fingerprint density at radius 1 is 1.78 bits per heavy atom. The summed E-state index contributed by atoms with van der Waals surface area (Å²) in [6, 6.07) is 1.31. The zero-order chi connectivity index (χ0) is 6.85. The molecule has 0 atom stereocenters. The highest BCUT2D eigenvalue weighted by atomic mass is 16.6. The Hall–Kier alpha value is -1.52. The third-order valence-corrected chi connectivity index (χ3v) is 0.953. The molecule has 0 aromatic carbocycles. The number of hydrogen-bond donors (Lipinski definition) is 2. The van der Waals surface area contributed by atoms with Crippen molar-refractivity contribution in [1.29, 1.82) is 0 Å². The number of rotatable bonds is 1. The molecule has 5 heteroatoms. The number of H-pyrrole nitrogens is 1. The summed E-state index contributed by atoms with van der Waals surface area (Å²) in [4.78, 5) is 11.9. The van der Waals surface area contributed by atoms with Gasteiger partial charge in [-0.2, -0.15) is 0 Å². The number of aromatic amines is 1. The molecule has 3 N–H and O–H groups in total. The van der Waals surface area contributed by atoms with Crippen LogP contribution in [0.25, 0.3) is 0 Å². The van der Waals surface area contributed by atoms with Crippen LogP contribution in [0.2, 0.25) is 0 Å². The Bertz CT molecular complexity index is 229. The summed E-state index contributed by atoms with van der Waals surface area (Å²) in [6.45, 7) is 0. The number of nitrogens with two attached hydrogens (primary N) is 1. The summed E-state index contributed by atoms with van der Waals surface area (Å²) in [5.41, 5.74) is 5.07. The Kier molecular flexibility index (Phi) is 1.11. The van der Waals surface area contributed by atoms with Crippen molar-refractivity contribution in [1.82, 2.24) is 4.98 Å². The second kappa shape index (κ2) is 1.77. The smallest absolute Gasteiger partial charge is 0.310 e. The van der Waals surface area contributed by atoms with Gasteiger partial charge in [-0.1, -0.05) is 0 Å². The molecule has 1 rings (SSSR count). The summed E-state index contributed by atoms with van der Waals surface area (Å²) < 4.78 is 0. The van der Waals surface area contributed by atoms with Crippen LogP contribution in [0, 0.1) is 10.1 Å². The van der Waals surface area contributed by atoms with Gasteiger partial charge in [-0.15, -0.1) is 0 Å². The second-order valence-electron chi connectivity index (χ2n) is 1.53. The first kappa shape index (κ1) is 5.61. The Labute approximate surface area is 50.6 Å². The molecule has 0 aliphatic carbocycles. The number of aromatic nitrogens is 1. The molecule has 0 unspecified atom stereocenters. The summed E-state index contributed by atoms with van der Waals surface area (Å²) in [5, 5.41) is 9.99. The molecule has 0 aliphatic rings. The maximum atomic E-state index is 9.99. The van der Waals surface area contributed by atoms with Crippen LogP contribution in [0.3, 0.4) is 0 Å². The number of nitrogen functional groups attached to an aromatic ring is 1. The van der Waals surface area contributed by atoms with Crippen molar-refractivity contribution < 1.29 is 4.92 Å². The molecule has 0 amide bonds. The van der Waals surface area contributed by atoms with E-state index in [9.17, 15) is 10.1 Å². The van der Waals surface area contributed by atoms with E-state index in [1.807, 2.05) is 0 Å². The Balaban J connectivity index is 3.08. The van der Waals surface area contributed by atoms with Gasteiger partial charge in [0.15, 0.2) is 5.82 Å². The fourth-order valence-corrected chi connectivity index (χ4v) is 0.533. The lowest BCUT2D eigenvalue weighted by Crippen LogP contribution is -1.91. The SMILES string of the molecule is Nc1[nH]ccc1[N+](=O)[O-]. The molecule has 1 heterocycles. The quantitative estimate of drug-likeness (QED) is 0.425. The molecule has 0 saturated heterocycles. The van der Waals surface area contributed by atoms with Crippen molar-refractivity contribution in [2.45, 2.75) is 0 Å². The fourth-order valence-electron chi connectivity index (χ4n) is 0.533. The third kappa shape index (κ3) is 0.835. The minimum atomic E-state index is -0.536. The van der Waals surface area contributed by atoms with E-state index in [0.717, 1.165) is 0 Å².